The standard InChI is InChI=1S/C18H10F6S/c19-17(20,21)14-13(11-7-3-1-4-8-11)15(12-9-5-2-6-10-12)25-16(14)18(22,23)24/h1-10H. The lowest BCUT2D eigenvalue weighted by molar-refractivity contribution is -0.159. The lowest BCUT2D eigenvalue weighted by Crippen LogP contribution is -2.14. The Hall–Kier alpha value is -2.28. The van der Waals surface area contributed by atoms with Crippen molar-refractivity contribution < 1.29 is 26.3 Å². The molecule has 0 spiro atoms. The first-order valence-corrected chi connectivity index (χ1v) is 7.93. The average molecular weight is 372 g/mol. The molecule has 130 valence electrons. The van der Waals surface area contributed by atoms with E-state index >= 15 is 0 Å². The molecule has 25 heavy (non-hydrogen) atoms. The minimum absolute atomic E-state index is 0.0496. The summed E-state index contributed by atoms with van der Waals surface area (Å²) in [6, 6.07) is 15.1. The van der Waals surface area contributed by atoms with Crippen molar-refractivity contribution in [2.24, 2.45) is 0 Å². The Morgan fingerprint density at radius 3 is 1.52 bits per heavy atom. The summed E-state index contributed by atoms with van der Waals surface area (Å²) in [5.74, 6) is 0. The first-order valence-electron chi connectivity index (χ1n) is 7.11. The van der Waals surface area contributed by atoms with Crippen LogP contribution in [-0.2, 0) is 12.4 Å². The summed E-state index contributed by atoms with van der Waals surface area (Å²) < 4.78 is 80.6. The smallest absolute Gasteiger partial charge is 0.166 e. The normalized spacial score (nSPS) is 12.4. The Bertz CT molecular complexity index is 860. The summed E-state index contributed by atoms with van der Waals surface area (Å²) >= 11 is 0.123. The molecule has 0 aliphatic heterocycles. The van der Waals surface area contributed by atoms with Crippen LogP contribution in [0.5, 0.6) is 0 Å². The van der Waals surface area contributed by atoms with Gasteiger partial charge in [0.25, 0.3) is 0 Å². The van der Waals surface area contributed by atoms with Gasteiger partial charge in [0.1, 0.15) is 4.88 Å². The largest absolute Gasteiger partial charge is 0.426 e. The van der Waals surface area contributed by atoms with Crippen LogP contribution < -0.4 is 0 Å². The maximum absolute atomic E-state index is 13.6. The Morgan fingerprint density at radius 2 is 1.08 bits per heavy atom. The van der Waals surface area contributed by atoms with Crippen LogP contribution in [0.15, 0.2) is 60.7 Å². The molecule has 0 saturated heterocycles. The molecule has 3 rings (SSSR count). The van der Waals surface area contributed by atoms with E-state index in [0.717, 1.165) is 0 Å². The van der Waals surface area contributed by atoms with E-state index in [9.17, 15) is 26.3 Å². The molecule has 0 saturated carbocycles. The number of benzene rings is 2. The molecule has 0 aliphatic rings. The fraction of sp³-hybridized carbons (Fsp3) is 0.111. The van der Waals surface area contributed by atoms with Gasteiger partial charge in [0.2, 0.25) is 0 Å². The SMILES string of the molecule is FC(F)(F)c1sc(-c2ccccc2)c(-c2ccccc2)c1C(F)(F)F. The number of hydrogen-bond acceptors (Lipinski definition) is 1. The third kappa shape index (κ3) is 3.42. The third-order valence-electron chi connectivity index (χ3n) is 3.55. The minimum atomic E-state index is -5.13. The van der Waals surface area contributed by atoms with E-state index in [1.54, 1.807) is 24.3 Å². The van der Waals surface area contributed by atoms with Gasteiger partial charge in [-0.2, -0.15) is 26.3 Å². The zero-order valence-corrected chi connectivity index (χ0v) is 13.3. The highest BCUT2D eigenvalue weighted by molar-refractivity contribution is 7.16. The van der Waals surface area contributed by atoms with Crippen LogP contribution in [-0.4, -0.2) is 0 Å². The second-order valence-corrected chi connectivity index (χ2v) is 6.26. The first-order chi connectivity index (χ1) is 11.7. The van der Waals surface area contributed by atoms with Crippen LogP contribution >= 0.6 is 11.3 Å². The molecule has 1 heterocycles. The molecule has 0 aliphatic carbocycles. The zero-order chi connectivity index (χ0) is 18.2. The van der Waals surface area contributed by atoms with Gasteiger partial charge in [0, 0.05) is 10.4 Å². The van der Waals surface area contributed by atoms with Crippen molar-refractivity contribution in [3.63, 3.8) is 0 Å². The topological polar surface area (TPSA) is 0 Å². The number of thiophene rings is 1. The molecule has 0 atom stereocenters. The van der Waals surface area contributed by atoms with Crippen LogP contribution in [0.2, 0.25) is 0 Å². The van der Waals surface area contributed by atoms with E-state index in [2.05, 4.69) is 0 Å². The highest BCUT2D eigenvalue weighted by Crippen LogP contribution is 2.53. The van der Waals surface area contributed by atoms with Crippen molar-refractivity contribution >= 4 is 11.3 Å². The molecule has 3 aromatic rings. The van der Waals surface area contributed by atoms with Crippen LogP contribution in [0.4, 0.5) is 26.3 Å². The highest BCUT2D eigenvalue weighted by Gasteiger charge is 2.48. The van der Waals surface area contributed by atoms with Gasteiger partial charge in [-0.1, -0.05) is 60.7 Å². The summed E-state index contributed by atoms with van der Waals surface area (Å²) in [6.45, 7) is 0. The molecule has 0 fully saturated rings. The van der Waals surface area contributed by atoms with Crippen LogP contribution in [0.25, 0.3) is 21.6 Å². The van der Waals surface area contributed by atoms with E-state index in [1.807, 2.05) is 0 Å². The van der Waals surface area contributed by atoms with Gasteiger partial charge in [-0.25, -0.2) is 0 Å². The molecule has 0 N–H and O–H groups in total. The average Bonchev–Trinajstić information content (AvgIpc) is 2.97. The molecular weight excluding hydrogens is 362 g/mol. The van der Waals surface area contributed by atoms with E-state index in [4.69, 9.17) is 0 Å². The predicted octanol–water partition coefficient (Wildman–Crippen LogP) is 7.12. The fourth-order valence-corrected chi connectivity index (χ4v) is 3.79. The van der Waals surface area contributed by atoms with Crippen molar-refractivity contribution in [3.8, 4) is 21.6 Å². The van der Waals surface area contributed by atoms with E-state index in [0.29, 0.717) is 5.56 Å². The zero-order valence-electron chi connectivity index (χ0n) is 12.4. The van der Waals surface area contributed by atoms with Crippen molar-refractivity contribution in [2.75, 3.05) is 0 Å². The molecule has 0 bridgehead atoms. The highest BCUT2D eigenvalue weighted by atomic mass is 32.1. The molecular formula is C18H10F6S. The van der Waals surface area contributed by atoms with Crippen molar-refractivity contribution in [2.45, 2.75) is 12.4 Å². The van der Waals surface area contributed by atoms with Gasteiger partial charge in [0.15, 0.2) is 0 Å². The summed E-state index contributed by atoms with van der Waals surface area (Å²) in [5.41, 5.74) is -1.65. The predicted molar refractivity (Wildman–Crippen MR) is 85.2 cm³/mol. The Kier molecular flexibility index (Phi) is 4.36. The van der Waals surface area contributed by atoms with Crippen LogP contribution in [0.3, 0.4) is 0 Å². The Morgan fingerprint density at radius 1 is 0.600 bits per heavy atom. The van der Waals surface area contributed by atoms with Gasteiger partial charge in [-0.15, -0.1) is 11.3 Å². The van der Waals surface area contributed by atoms with Crippen molar-refractivity contribution in [1.29, 1.82) is 0 Å². The fourth-order valence-electron chi connectivity index (χ4n) is 2.57. The van der Waals surface area contributed by atoms with E-state index in [-0.39, 0.29) is 21.8 Å². The van der Waals surface area contributed by atoms with Crippen molar-refractivity contribution in [1.82, 2.24) is 0 Å². The number of alkyl halides is 6. The molecule has 7 heteroatoms. The molecule has 1 aromatic heterocycles. The lowest BCUT2D eigenvalue weighted by atomic mass is 9.97. The first kappa shape index (κ1) is 17.5. The van der Waals surface area contributed by atoms with Crippen molar-refractivity contribution in [3.05, 3.63) is 71.1 Å². The maximum atomic E-state index is 13.6. The molecule has 0 unspecified atom stereocenters. The van der Waals surface area contributed by atoms with Gasteiger partial charge >= 0.3 is 12.4 Å². The molecule has 0 amide bonds. The number of hydrogen-bond donors (Lipinski definition) is 0. The number of halogens is 6. The molecule has 0 nitrogen and oxygen atoms in total. The Labute approximate surface area is 143 Å². The monoisotopic (exact) mass is 372 g/mol. The van der Waals surface area contributed by atoms with Crippen LogP contribution in [0.1, 0.15) is 10.4 Å². The summed E-state index contributed by atoms with van der Waals surface area (Å²) in [4.78, 5) is -1.68. The van der Waals surface area contributed by atoms with Gasteiger partial charge in [0.05, 0.1) is 5.56 Å². The number of rotatable bonds is 2. The van der Waals surface area contributed by atoms with Crippen LogP contribution in [0, 0.1) is 0 Å². The minimum Gasteiger partial charge on any atom is -0.166 e. The third-order valence-corrected chi connectivity index (χ3v) is 4.83. The quantitative estimate of drug-likeness (QED) is 0.420. The summed E-state index contributed by atoms with van der Waals surface area (Å²) in [6.07, 6.45) is -10.2. The van der Waals surface area contributed by atoms with Gasteiger partial charge in [-0.05, 0) is 11.1 Å². The van der Waals surface area contributed by atoms with E-state index < -0.39 is 28.4 Å². The Balaban J connectivity index is 2.42. The summed E-state index contributed by atoms with van der Waals surface area (Å²) in [7, 11) is 0. The summed E-state index contributed by atoms with van der Waals surface area (Å²) in [5, 5.41) is 0. The van der Waals surface area contributed by atoms with E-state index in [1.165, 1.54) is 36.4 Å². The molecule has 2 aromatic carbocycles. The second kappa shape index (κ2) is 6.22. The lowest BCUT2D eigenvalue weighted by Gasteiger charge is -2.14. The van der Waals surface area contributed by atoms with Gasteiger partial charge < -0.3 is 0 Å². The second-order valence-electron chi connectivity index (χ2n) is 5.24. The maximum Gasteiger partial charge on any atom is 0.426 e. The van der Waals surface area contributed by atoms with Gasteiger partial charge in [-0.3, -0.25) is 0 Å². The molecule has 0 radical (unpaired) electrons.